The Labute approximate surface area is 126 Å². The second-order valence-electron chi connectivity index (χ2n) is 4.74. The molecule has 0 heterocycles. The highest BCUT2D eigenvalue weighted by atomic mass is 32.2. The Balaban J connectivity index is 2.52. The minimum absolute atomic E-state index is 0.128. The van der Waals surface area contributed by atoms with Crippen molar-refractivity contribution in [3.63, 3.8) is 0 Å². The molecule has 21 heavy (non-hydrogen) atoms. The lowest BCUT2D eigenvalue weighted by atomic mass is 10.1. The van der Waals surface area contributed by atoms with Gasteiger partial charge in [-0.3, -0.25) is 0 Å². The van der Waals surface area contributed by atoms with Crippen molar-refractivity contribution in [2.45, 2.75) is 25.2 Å². The van der Waals surface area contributed by atoms with Crippen molar-refractivity contribution in [2.75, 3.05) is 33.5 Å². The normalized spacial score (nSPS) is 11.6. The zero-order chi connectivity index (χ0) is 15.9. The Morgan fingerprint density at radius 1 is 1.05 bits per heavy atom. The Kier molecular flexibility index (Phi) is 7.10. The first-order chi connectivity index (χ1) is 9.86. The van der Waals surface area contributed by atoms with Crippen LogP contribution in [-0.2, 0) is 19.5 Å². The largest absolute Gasteiger partial charge is 0.491 e. The molecule has 0 aliphatic rings. The number of ether oxygens (including phenoxy) is 3. The molecule has 0 unspecified atom stereocenters. The van der Waals surface area contributed by atoms with E-state index in [2.05, 4.69) is 0 Å². The Hall–Kier alpha value is -1.15. The number of sulfonamides is 1. The van der Waals surface area contributed by atoms with Crippen molar-refractivity contribution in [1.29, 1.82) is 0 Å². The van der Waals surface area contributed by atoms with Crippen LogP contribution in [0.4, 0.5) is 0 Å². The predicted octanol–water partition coefficient (Wildman–Crippen LogP) is 1.38. The summed E-state index contributed by atoms with van der Waals surface area (Å²) in [7, 11) is -2.05. The van der Waals surface area contributed by atoms with Crippen LogP contribution in [0.1, 0.15) is 17.5 Å². The third-order valence-electron chi connectivity index (χ3n) is 2.90. The van der Waals surface area contributed by atoms with E-state index >= 15 is 0 Å². The molecule has 0 atom stereocenters. The van der Waals surface area contributed by atoms with Gasteiger partial charge in [0.25, 0.3) is 0 Å². The molecule has 0 amide bonds. The monoisotopic (exact) mass is 317 g/mol. The smallest absolute Gasteiger partial charge is 0.238 e. The molecule has 0 radical (unpaired) electrons. The fourth-order valence-electron chi connectivity index (χ4n) is 1.84. The molecule has 1 aromatic carbocycles. The van der Waals surface area contributed by atoms with Crippen LogP contribution in [0, 0.1) is 13.8 Å². The van der Waals surface area contributed by atoms with Crippen molar-refractivity contribution in [3.8, 4) is 5.75 Å². The van der Waals surface area contributed by atoms with E-state index in [4.69, 9.17) is 19.3 Å². The number of hydrogen-bond donors (Lipinski definition) is 1. The van der Waals surface area contributed by atoms with Crippen molar-refractivity contribution < 1.29 is 22.6 Å². The molecule has 0 aliphatic heterocycles. The zero-order valence-corrected chi connectivity index (χ0v) is 13.5. The second kappa shape index (κ2) is 8.33. The maximum atomic E-state index is 11.4. The van der Waals surface area contributed by atoms with E-state index in [-0.39, 0.29) is 4.90 Å². The number of primary sulfonamides is 1. The van der Waals surface area contributed by atoms with Crippen LogP contribution < -0.4 is 9.88 Å². The first-order valence-corrected chi connectivity index (χ1v) is 8.24. The van der Waals surface area contributed by atoms with Gasteiger partial charge in [-0.25, -0.2) is 13.6 Å². The summed E-state index contributed by atoms with van der Waals surface area (Å²) in [4.78, 5) is 0.128. The number of benzene rings is 1. The lowest BCUT2D eigenvalue weighted by Crippen LogP contribution is -2.14. The fraction of sp³-hybridized carbons (Fsp3) is 0.571. The molecule has 0 spiro atoms. The van der Waals surface area contributed by atoms with Gasteiger partial charge in [0.05, 0.1) is 11.5 Å². The van der Waals surface area contributed by atoms with E-state index in [1.54, 1.807) is 27.0 Å². The lowest BCUT2D eigenvalue weighted by Gasteiger charge is -2.12. The fourth-order valence-corrected chi connectivity index (χ4v) is 2.69. The SMILES string of the molecule is COCCCOCCOc1cc(C)c(S(N)(=O)=O)cc1C. The summed E-state index contributed by atoms with van der Waals surface area (Å²) in [5, 5.41) is 5.16. The number of hydrogen-bond acceptors (Lipinski definition) is 5. The molecule has 6 nitrogen and oxygen atoms in total. The minimum atomic E-state index is -3.70. The molecule has 0 aliphatic carbocycles. The van der Waals surface area contributed by atoms with Gasteiger partial charge < -0.3 is 14.2 Å². The molecule has 2 N–H and O–H groups in total. The van der Waals surface area contributed by atoms with Crippen LogP contribution in [0.25, 0.3) is 0 Å². The lowest BCUT2D eigenvalue weighted by molar-refractivity contribution is 0.0804. The molecule has 1 aromatic rings. The number of nitrogens with two attached hydrogens (primary N) is 1. The Morgan fingerprint density at radius 3 is 2.38 bits per heavy atom. The Bertz CT molecular complexity index is 557. The molecule has 0 saturated carbocycles. The van der Waals surface area contributed by atoms with Gasteiger partial charge in [0.2, 0.25) is 10.0 Å². The van der Waals surface area contributed by atoms with E-state index in [0.717, 1.165) is 12.0 Å². The van der Waals surface area contributed by atoms with E-state index in [0.29, 0.717) is 37.7 Å². The highest BCUT2D eigenvalue weighted by Gasteiger charge is 2.14. The standard InChI is InChI=1S/C14H23NO5S/c1-11-10-14(21(15,16)17)12(2)9-13(11)20-8-7-19-6-4-5-18-3/h9-10H,4-8H2,1-3H3,(H2,15,16,17). The quantitative estimate of drug-likeness (QED) is 0.695. The van der Waals surface area contributed by atoms with Gasteiger partial charge >= 0.3 is 0 Å². The van der Waals surface area contributed by atoms with E-state index in [1.807, 2.05) is 0 Å². The van der Waals surface area contributed by atoms with Crippen molar-refractivity contribution in [1.82, 2.24) is 0 Å². The summed E-state index contributed by atoms with van der Waals surface area (Å²) in [5.41, 5.74) is 1.29. The number of rotatable bonds is 9. The molecule has 0 fully saturated rings. The van der Waals surface area contributed by atoms with Crippen LogP contribution in [-0.4, -0.2) is 42.0 Å². The molecular weight excluding hydrogens is 294 g/mol. The average Bonchev–Trinajstić information content (AvgIpc) is 2.39. The van der Waals surface area contributed by atoms with Crippen LogP contribution >= 0.6 is 0 Å². The van der Waals surface area contributed by atoms with Crippen LogP contribution in [0.15, 0.2) is 17.0 Å². The molecule has 0 saturated heterocycles. The predicted molar refractivity (Wildman–Crippen MR) is 80.1 cm³/mol. The second-order valence-corrected chi connectivity index (χ2v) is 6.27. The highest BCUT2D eigenvalue weighted by Crippen LogP contribution is 2.25. The van der Waals surface area contributed by atoms with Gasteiger partial charge in [0.1, 0.15) is 12.4 Å². The summed E-state index contributed by atoms with van der Waals surface area (Å²) in [6.07, 6.45) is 0.845. The third-order valence-corrected chi connectivity index (χ3v) is 3.95. The van der Waals surface area contributed by atoms with Crippen molar-refractivity contribution >= 4 is 10.0 Å². The first kappa shape index (κ1) is 17.9. The number of methoxy groups -OCH3 is 1. The maximum Gasteiger partial charge on any atom is 0.238 e. The van der Waals surface area contributed by atoms with E-state index < -0.39 is 10.0 Å². The summed E-state index contributed by atoms with van der Waals surface area (Å²) >= 11 is 0. The molecule has 1 rings (SSSR count). The van der Waals surface area contributed by atoms with Gasteiger partial charge in [0, 0.05) is 20.3 Å². The van der Waals surface area contributed by atoms with Crippen LogP contribution in [0.3, 0.4) is 0 Å². The summed E-state index contributed by atoms with van der Waals surface area (Å²) < 4.78 is 38.7. The van der Waals surface area contributed by atoms with Gasteiger partial charge in [-0.1, -0.05) is 0 Å². The van der Waals surface area contributed by atoms with Crippen LogP contribution in [0.5, 0.6) is 5.75 Å². The third kappa shape index (κ3) is 6.01. The molecule has 7 heteroatoms. The molecule has 0 bridgehead atoms. The highest BCUT2D eigenvalue weighted by molar-refractivity contribution is 7.89. The molecule has 0 aromatic heterocycles. The van der Waals surface area contributed by atoms with E-state index in [1.165, 1.54) is 6.07 Å². The average molecular weight is 317 g/mol. The minimum Gasteiger partial charge on any atom is -0.491 e. The van der Waals surface area contributed by atoms with Crippen molar-refractivity contribution in [2.24, 2.45) is 5.14 Å². The van der Waals surface area contributed by atoms with Crippen molar-refractivity contribution in [3.05, 3.63) is 23.3 Å². The molecular formula is C14H23NO5S. The number of aryl methyl sites for hydroxylation is 2. The molecule has 120 valence electrons. The topological polar surface area (TPSA) is 87.8 Å². The van der Waals surface area contributed by atoms with E-state index in [9.17, 15) is 8.42 Å². The van der Waals surface area contributed by atoms with Gasteiger partial charge in [0.15, 0.2) is 0 Å². The summed E-state index contributed by atoms with van der Waals surface area (Å²) in [6, 6.07) is 3.21. The van der Waals surface area contributed by atoms with Gasteiger partial charge in [-0.05, 0) is 43.5 Å². The van der Waals surface area contributed by atoms with Crippen LogP contribution in [0.2, 0.25) is 0 Å². The Morgan fingerprint density at radius 2 is 1.76 bits per heavy atom. The maximum absolute atomic E-state index is 11.4. The zero-order valence-electron chi connectivity index (χ0n) is 12.7. The van der Waals surface area contributed by atoms with Gasteiger partial charge in [-0.2, -0.15) is 0 Å². The van der Waals surface area contributed by atoms with Gasteiger partial charge in [-0.15, -0.1) is 0 Å². The first-order valence-electron chi connectivity index (χ1n) is 6.69. The summed E-state index contributed by atoms with van der Waals surface area (Å²) in [6.45, 7) is 5.64. The summed E-state index contributed by atoms with van der Waals surface area (Å²) in [5.74, 6) is 0.639.